The van der Waals surface area contributed by atoms with Gasteiger partial charge in [-0.1, -0.05) is 0 Å². The zero-order valence-electron chi connectivity index (χ0n) is 13.5. The van der Waals surface area contributed by atoms with E-state index in [9.17, 15) is 27.3 Å². The SMILES string of the molecule is O=[N+]([O-])c1ccc(N2CCN(S(=O)(=O)c3ccc(F)cc3F)CC2)cc1. The van der Waals surface area contributed by atoms with E-state index in [1.54, 1.807) is 12.1 Å². The Morgan fingerprint density at radius 1 is 0.962 bits per heavy atom. The molecular formula is C16H15F2N3O4S. The Hall–Kier alpha value is -2.59. The fourth-order valence-electron chi connectivity index (χ4n) is 2.80. The first-order chi connectivity index (χ1) is 12.3. The maximum atomic E-state index is 13.8. The first kappa shape index (κ1) is 18.2. The quantitative estimate of drug-likeness (QED) is 0.598. The largest absolute Gasteiger partial charge is 0.369 e. The number of non-ortho nitro benzene ring substituents is 1. The van der Waals surface area contributed by atoms with Gasteiger partial charge < -0.3 is 4.90 Å². The predicted molar refractivity (Wildman–Crippen MR) is 90.4 cm³/mol. The number of nitrogens with zero attached hydrogens (tertiary/aromatic N) is 3. The summed E-state index contributed by atoms with van der Waals surface area (Å²) in [7, 11) is -4.06. The Balaban J connectivity index is 1.72. The van der Waals surface area contributed by atoms with Crippen molar-refractivity contribution in [3.05, 3.63) is 64.2 Å². The van der Waals surface area contributed by atoms with Gasteiger partial charge in [-0.05, 0) is 24.3 Å². The maximum absolute atomic E-state index is 13.8. The number of anilines is 1. The highest BCUT2D eigenvalue weighted by molar-refractivity contribution is 7.89. The van der Waals surface area contributed by atoms with E-state index in [1.165, 1.54) is 12.1 Å². The Labute approximate surface area is 148 Å². The molecule has 26 heavy (non-hydrogen) atoms. The van der Waals surface area contributed by atoms with E-state index in [1.807, 2.05) is 4.90 Å². The second-order valence-electron chi connectivity index (χ2n) is 5.74. The van der Waals surface area contributed by atoms with E-state index in [0.717, 1.165) is 22.1 Å². The number of piperazine rings is 1. The van der Waals surface area contributed by atoms with Crippen LogP contribution in [0.3, 0.4) is 0 Å². The van der Waals surface area contributed by atoms with E-state index in [-0.39, 0.29) is 18.8 Å². The average molecular weight is 383 g/mol. The molecule has 7 nitrogen and oxygen atoms in total. The lowest BCUT2D eigenvalue weighted by atomic mass is 10.2. The van der Waals surface area contributed by atoms with Crippen LogP contribution in [-0.4, -0.2) is 43.8 Å². The summed E-state index contributed by atoms with van der Waals surface area (Å²) < 4.78 is 53.1. The summed E-state index contributed by atoms with van der Waals surface area (Å²) in [6, 6.07) is 8.33. The number of nitro groups is 1. The summed E-state index contributed by atoms with van der Waals surface area (Å²) >= 11 is 0. The van der Waals surface area contributed by atoms with E-state index >= 15 is 0 Å². The molecule has 0 atom stereocenters. The number of benzene rings is 2. The first-order valence-electron chi connectivity index (χ1n) is 7.73. The van der Waals surface area contributed by atoms with Crippen molar-refractivity contribution in [2.24, 2.45) is 0 Å². The minimum absolute atomic E-state index is 0.0262. The Bertz CT molecular complexity index is 927. The highest BCUT2D eigenvalue weighted by Crippen LogP contribution is 2.24. The van der Waals surface area contributed by atoms with Crippen molar-refractivity contribution in [2.75, 3.05) is 31.1 Å². The van der Waals surface area contributed by atoms with Crippen molar-refractivity contribution in [2.45, 2.75) is 4.90 Å². The summed E-state index contributed by atoms with van der Waals surface area (Å²) in [5, 5.41) is 10.7. The fourth-order valence-corrected chi connectivity index (χ4v) is 4.26. The second-order valence-corrected chi connectivity index (χ2v) is 7.65. The molecule has 0 aromatic heterocycles. The third kappa shape index (κ3) is 3.51. The van der Waals surface area contributed by atoms with Crippen LogP contribution >= 0.6 is 0 Å². The molecule has 1 heterocycles. The van der Waals surface area contributed by atoms with Gasteiger partial charge >= 0.3 is 0 Å². The van der Waals surface area contributed by atoms with Crippen LogP contribution in [0.2, 0.25) is 0 Å². The van der Waals surface area contributed by atoms with Gasteiger partial charge in [0.1, 0.15) is 16.5 Å². The van der Waals surface area contributed by atoms with Crippen LogP contribution in [0.15, 0.2) is 47.4 Å². The van der Waals surface area contributed by atoms with Crippen molar-refractivity contribution >= 4 is 21.4 Å². The van der Waals surface area contributed by atoms with Crippen molar-refractivity contribution < 1.29 is 22.1 Å². The zero-order valence-corrected chi connectivity index (χ0v) is 14.3. The lowest BCUT2D eigenvalue weighted by molar-refractivity contribution is -0.384. The smallest absolute Gasteiger partial charge is 0.269 e. The number of hydrogen-bond donors (Lipinski definition) is 0. The maximum Gasteiger partial charge on any atom is 0.269 e. The molecule has 0 N–H and O–H groups in total. The van der Waals surface area contributed by atoms with Crippen LogP contribution in [0.25, 0.3) is 0 Å². The molecule has 1 aliphatic rings. The Morgan fingerprint density at radius 2 is 1.58 bits per heavy atom. The van der Waals surface area contributed by atoms with E-state index in [2.05, 4.69) is 0 Å². The third-order valence-electron chi connectivity index (χ3n) is 4.18. The van der Waals surface area contributed by atoms with Gasteiger partial charge in [0.05, 0.1) is 4.92 Å². The highest BCUT2D eigenvalue weighted by atomic mass is 32.2. The summed E-state index contributed by atoms with van der Waals surface area (Å²) in [4.78, 5) is 11.5. The van der Waals surface area contributed by atoms with Crippen LogP contribution < -0.4 is 4.90 Å². The molecule has 0 amide bonds. The van der Waals surface area contributed by atoms with Crippen molar-refractivity contribution in [1.29, 1.82) is 0 Å². The molecule has 0 saturated carbocycles. The molecule has 0 aliphatic carbocycles. The summed E-state index contributed by atoms with van der Waals surface area (Å²) in [6.45, 7) is 0.936. The molecule has 1 saturated heterocycles. The van der Waals surface area contributed by atoms with Gasteiger partial charge in [-0.25, -0.2) is 17.2 Å². The number of nitro benzene ring substituents is 1. The van der Waals surface area contributed by atoms with Crippen LogP contribution in [0.4, 0.5) is 20.2 Å². The lowest BCUT2D eigenvalue weighted by Gasteiger charge is -2.35. The predicted octanol–water partition coefficient (Wildman–Crippen LogP) is 2.38. The third-order valence-corrected chi connectivity index (χ3v) is 6.11. The molecule has 0 unspecified atom stereocenters. The van der Waals surface area contributed by atoms with E-state index in [4.69, 9.17) is 0 Å². The molecule has 1 fully saturated rings. The standard InChI is InChI=1S/C16H15F2N3O4S/c17-12-1-6-16(15(18)11-12)26(24,25)20-9-7-19(8-10-20)13-2-4-14(5-3-13)21(22)23/h1-6,11H,7-10H2. The van der Waals surface area contributed by atoms with Gasteiger partial charge in [0.25, 0.3) is 5.69 Å². The Morgan fingerprint density at radius 3 is 2.12 bits per heavy atom. The normalized spacial score (nSPS) is 15.8. The van der Waals surface area contributed by atoms with Gasteiger partial charge in [0, 0.05) is 50.1 Å². The van der Waals surface area contributed by atoms with Gasteiger partial charge in [0.15, 0.2) is 0 Å². The summed E-state index contributed by atoms with van der Waals surface area (Å²) in [6.07, 6.45) is 0. The van der Waals surface area contributed by atoms with Crippen molar-refractivity contribution in [3.8, 4) is 0 Å². The number of halogens is 2. The van der Waals surface area contributed by atoms with Gasteiger partial charge in [-0.2, -0.15) is 4.31 Å². The average Bonchev–Trinajstić information content (AvgIpc) is 2.61. The molecule has 0 radical (unpaired) electrons. The fraction of sp³-hybridized carbons (Fsp3) is 0.250. The monoisotopic (exact) mass is 383 g/mol. The van der Waals surface area contributed by atoms with Crippen LogP contribution in [0.5, 0.6) is 0 Å². The first-order valence-corrected chi connectivity index (χ1v) is 9.17. The second kappa shape index (κ2) is 6.96. The van der Waals surface area contributed by atoms with Crippen LogP contribution in [0, 0.1) is 21.7 Å². The summed E-state index contributed by atoms with van der Waals surface area (Å²) in [5.41, 5.74) is 0.711. The van der Waals surface area contributed by atoms with Crippen LogP contribution in [-0.2, 0) is 10.0 Å². The van der Waals surface area contributed by atoms with E-state index < -0.39 is 31.5 Å². The molecular weight excluding hydrogens is 368 g/mol. The minimum Gasteiger partial charge on any atom is -0.369 e. The molecule has 10 heteroatoms. The van der Waals surface area contributed by atoms with Gasteiger partial charge in [-0.3, -0.25) is 10.1 Å². The van der Waals surface area contributed by atoms with Crippen LogP contribution in [0.1, 0.15) is 0 Å². The molecule has 0 bridgehead atoms. The van der Waals surface area contributed by atoms with Gasteiger partial charge in [-0.15, -0.1) is 0 Å². The number of hydrogen-bond acceptors (Lipinski definition) is 5. The summed E-state index contributed by atoms with van der Waals surface area (Å²) in [5.74, 6) is -1.97. The lowest BCUT2D eigenvalue weighted by Crippen LogP contribution is -2.48. The molecule has 0 spiro atoms. The van der Waals surface area contributed by atoms with E-state index in [0.29, 0.717) is 19.2 Å². The number of rotatable bonds is 4. The van der Waals surface area contributed by atoms with Gasteiger partial charge in [0.2, 0.25) is 10.0 Å². The molecule has 138 valence electrons. The highest BCUT2D eigenvalue weighted by Gasteiger charge is 2.31. The van der Waals surface area contributed by atoms with Crippen molar-refractivity contribution in [1.82, 2.24) is 4.31 Å². The Kier molecular flexibility index (Phi) is 4.88. The molecule has 3 rings (SSSR count). The minimum atomic E-state index is -4.06. The number of sulfonamides is 1. The van der Waals surface area contributed by atoms with Crippen molar-refractivity contribution in [3.63, 3.8) is 0 Å². The molecule has 2 aromatic rings. The topological polar surface area (TPSA) is 83.8 Å². The molecule has 2 aromatic carbocycles. The molecule has 1 aliphatic heterocycles. The zero-order chi connectivity index (χ0) is 18.9.